The number of benzene rings is 1. The van der Waals surface area contributed by atoms with Gasteiger partial charge in [0.15, 0.2) is 5.57 Å². The molecule has 2 N–H and O–H groups in total. The first-order chi connectivity index (χ1) is 7.67. The highest BCUT2D eigenvalue weighted by molar-refractivity contribution is 5.93. The maximum atomic E-state index is 11.0. The van der Waals surface area contributed by atoms with Crippen LogP contribution in [-0.2, 0) is 9.53 Å². The van der Waals surface area contributed by atoms with Crippen LogP contribution in [0.3, 0.4) is 0 Å². The van der Waals surface area contributed by atoms with Gasteiger partial charge in [-0.1, -0.05) is 6.07 Å². The summed E-state index contributed by atoms with van der Waals surface area (Å²) in [6.45, 7) is 0. The van der Waals surface area contributed by atoms with Crippen LogP contribution in [0.1, 0.15) is 0 Å². The highest BCUT2D eigenvalue weighted by Crippen LogP contribution is 2.15. The van der Waals surface area contributed by atoms with E-state index >= 15 is 0 Å². The zero-order valence-electron chi connectivity index (χ0n) is 8.60. The lowest BCUT2D eigenvalue weighted by atomic mass is 10.3. The second-order valence-corrected chi connectivity index (χ2v) is 2.86. The van der Waals surface area contributed by atoms with Crippen LogP contribution in [0.15, 0.2) is 36.0 Å². The molecule has 0 aliphatic carbocycles. The third-order valence-corrected chi connectivity index (χ3v) is 1.76. The Morgan fingerprint density at radius 2 is 2.38 bits per heavy atom. The lowest BCUT2D eigenvalue weighted by molar-refractivity contribution is -0.135. The van der Waals surface area contributed by atoms with Gasteiger partial charge in [-0.15, -0.1) is 0 Å². The number of nitriles is 1. The van der Waals surface area contributed by atoms with Crippen molar-refractivity contribution < 1.29 is 14.6 Å². The van der Waals surface area contributed by atoms with Crippen molar-refractivity contribution in [3.05, 3.63) is 36.0 Å². The SMILES string of the molecule is COC(=O)/C(C#N)=C\Nc1cccc(O)c1. The van der Waals surface area contributed by atoms with Crippen molar-refractivity contribution >= 4 is 11.7 Å². The van der Waals surface area contributed by atoms with Gasteiger partial charge >= 0.3 is 5.97 Å². The predicted octanol–water partition coefficient (Wildman–Crippen LogP) is 1.38. The third-order valence-electron chi connectivity index (χ3n) is 1.76. The number of esters is 1. The maximum absolute atomic E-state index is 11.0. The van der Waals surface area contributed by atoms with Crippen LogP contribution in [0.25, 0.3) is 0 Å². The van der Waals surface area contributed by atoms with E-state index in [-0.39, 0.29) is 11.3 Å². The van der Waals surface area contributed by atoms with Crippen molar-refractivity contribution in [2.24, 2.45) is 0 Å². The molecule has 0 radical (unpaired) electrons. The molecule has 82 valence electrons. The lowest BCUT2D eigenvalue weighted by Gasteiger charge is -2.01. The highest BCUT2D eigenvalue weighted by atomic mass is 16.5. The molecule has 1 aromatic carbocycles. The number of phenols is 1. The number of nitrogens with one attached hydrogen (secondary N) is 1. The number of hydrogen-bond donors (Lipinski definition) is 2. The molecule has 1 rings (SSSR count). The van der Waals surface area contributed by atoms with Crippen LogP contribution in [0.5, 0.6) is 5.75 Å². The van der Waals surface area contributed by atoms with Crippen molar-refractivity contribution in [2.75, 3.05) is 12.4 Å². The van der Waals surface area contributed by atoms with Crippen LogP contribution in [0.4, 0.5) is 5.69 Å². The fourth-order valence-corrected chi connectivity index (χ4v) is 0.998. The van der Waals surface area contributed by atoms with E-state index < -0.39 is 5.97 Å². The molecule has 0 aromatic heterocycles. The van der Waals surface area contributed by atoms with Gasteiger partial charge < -0.3 is 15.2 Å². The molecule has 0 amide bonds. The molecule has 0 aliphatic heterocycles. The normalized spacial score (nSPS) is 10.4. The van der Waals surface area contributed by atoms with Gasteiger partial charge in [-0.05, 0) is 12.1 Å². The Balaban J connectivity index is 2.79. The van der Waals surface area contributed by atoms with E-state index in [2.05, 4.69) is 10.1 Å². The van der Waals surface area contributed by atoms with Crippen LogP contribution >= 0.6 is 0 Å². The molecule has 0 aliphatic rings. The Labute approximate surface area is 92.6 Å². The minimum absolute atomic E-state index is 0.0926. The number of ether oxygens (including phenoxy) is 1. The van der Waals surface area contributed by atoms with Gasteiger partial charge in [0.1, 0.15) is 11.8 Å². The molecule has 0 saturated carbocycles. The van der Waals surface area contributed by atoms with E-state index in [1.54, 1.807) is 18.2 Å². The molecule has 1 aromatic rings. The first-order valence-electron chi connectivity index (χ1n) is 4.41. The minimum Gasteiger partial charge on any atom is -0.508 e. The molecule has 0 unspecified atom stereocenters. The summed E-state index contributed by atoms with van der Waals surface area (Å²) in [7, 11) is 1.20. The third kappa shape index (κ3) is 3.03. The van der Waals surface area contributed by atoms with Gasteiger partial charge in [-0.3, -0.25) is 0 Å². The molecule has 16 heavy (non-hydrogen) atoms. The number of phenolic OH excluding ortho intramolecular Hbond substituents is 1. The molecule has 0 atom stereocenters. The summed E-state index contributed by atoms with van der Waals surface area (Å²) in [5.41, 5.74) is 0.419. The molecule has 5 heteroatoms. The number of rotatable bonds is 3. The number of nitrogens with zero attached hydrogens (tertiary/aromatic N) is 1. The number of carbonyl (C=O) groups excluding carboxylic acids is 1. The topological polar surface area (TPSA) is 82.4 Å². The summed E-state index contributed by atoms with van der Waals surface area (Å²) >= 11 is 0. The lowest BCUT2D eigenvalue weighted by Crippen LogP contribution is -2.05. The quantitative estimate of drug-likeness (QED) is 0.455. The molecule has 0 heterocycles. The molecule has 0 saturated heterocycles. The number of methoxy groups -OCH3 is 1. The first kappa shape index (κ1) is 11.6. The summed E-state index contributed by atoms with van der Waals surface area (Å²) in [4.78, 5) is 11.0. The van der Waals surface area contributed by atoms with Crippen LogP contribution in [-0.4, -0.2) is 18.2 Å². The average molecular weight is 218 g/mol. The molecule has 0 spiro atoms. The molecular weight excluding hydrogens is 208 g/mol. The Morgan fingerprint density at radius 3 is 2.94 bits per heavy atom. The Kier molecular flexibility index (Phi) is 3.92. The Hall–Kier alpha value is -2.48. The van der Waals surface area contributed by atoms with Gasteiger partial charge in [-0.25, -0.2) is 4.79 Å². The average Bonchev–Trinajstić information content (AvgIpc) is 2.29. The van der Waals surface area contributed by atoms with Crippen molar-refractivity contribution in [1.82, 2.24) is 0 Å². The van der Waals surface area contributed by atoms with Crippen LogP contribution < -0.4 is 5.32 Å². The summed E-state index contributed by atoms with van der Waals surface area (Å²) < 4.78 is 4.40. The van der Waals surface area contributed by atoms with Crippen molar-refractivity contribution in [2.45, 2.75) is 0 Å². The molecule has 0 fully saturated rings. The van der Waals surface area contributed by atoms with Gasteiger partial charge in [0, 0.05) is 18.0 Å². The Morgan fingerprint density at radius 1 is 1.62 bits per heavy atom. The van der Waals surface area contributed by atoms with Crippen LogP contribution in [0, 0.1) is 11.3 Å². The van der Waals surface area contributed by atoms with E-state index in [0.29, 0.717) is 5.69 Å². The van der Waals surface area contributed by atoms with Gasteiger partial charge in [-0.2, -0.15) is 5.26 Å². The van der Waals surface area contributed by atoms with E-state index in [0.717, 1.165) is 0 Å². The number of hydrogen-bond acceptors (Lipinski definition) is 5. The monoisotopic (exact) mass is 218 g/mol. The summed E-state index contributed by atoms with van der Waals surface area (Å²) in [5.74, 6) is -0.620. The summed E-state index contributed by atoms with van der Waals surface area (Å²) in [6, 6.07) is 7.99. The summed E-state index contributed by atoms with van der Waals surface area (Å²) in [6.07, 6.45) is 1.22. The highest BCUT2D eigenvalue weighted by Gasteiger charge is 2.07. The fraction of sp³-hybridized carbons (Fsp3) is 0.0909. The van der Waals surface area contributed by atoms with E-state index in [1.807, 2.05) is 0 Å². The standard InChI is InChI=1S/C11H10N2O3/c1-16-11(15)8(6-12)7-13-9-3-2-4-10(14)5-9/h2-5,7,13-14H,1H3/b8-7-. The van der Waals surface area contributed by atoms with Crippen molar-refractivity contribution in [3.8, 4) is 11.8 Å². The second kappa shape index (κ2) is 5.41. The number of carbonyl (C=O) groups is 1. The van der Waals surface area contributed by atoms with E-state index in [4.69, 9.17) is 5.26 Å². The Bertz CT molecular complexity index is 461. The zero-order chi connectivity index (χ0) is 12.0. The van der Waals surface area contributed by atoms with Gasteiger partial charge in [0.05, 0.1) is 7.11 Å². The zero-order valence-corrected chi connectivity index (χ0v) is 8.60. The molecular formula is C11H10N2O3. The fourth-order valence-electron chi connectivity index (χ4n) is 0.998. The second-order valence-electron chi connectivity index (χ2n) is 2.86. The van der Waals surface area contributed by atoms with Crippen molar-refractivity contribution in [1.29, 1.82) is 5.26 Å². The first-order valence-corrected chi connectivity index (χ1v) is 4.41. The predicted molar refractivity (Wildman–Crippen MR) is 57.4 cm³/mol. The van der Waals surface area contributed by atoms with Crippen molar-refractivity contribution in [3.63, 3.8) is 0 Å². The van der Waals surface area contributed by atoms with Gasteiger partial charge in [0.2, 0.25) is 0 Å². The number of aromatic hydroxyl groups is 1. The van der Waals surface area contributed by atoms with E-state index in [9.17, 15) is 9.90 Å². The molecule has 5 nitrogen and oxygen atoms in total. The minimum atomic E-state index is -0.713. The maximum Gasteiger partial charge on any atom is 0.350 e. The van der Waals surface area contributed by atoms with Crippen LogP contribution in [0.2, 0.25) is 0 Å². The van der Waals surface area contributed by atoms with Gasteiger partial charge in [0.25, 0.3) is 0 Å². The largest absolute Gasteiger partial charge is 0.508 e. The molecule has 0 bridgehead atoms. The number of anilines is 1. The summed E-state index contributed by atoms with van der Waals surface area (Å²) in [5, 5.41) is 20.5. The smallest absolute Gasteiger partial charge is 0.350 e. The van der Waals surface area contributed by atoms with E-state index in [1.165, 1.54) is 25.4 Å².